The Labute approximate surface area is 162 Å². The van der Waals surface area contributed by atoms with E-state index in [1.165, 1.54) is 11.8 Å². The Morgan fingerprint density at radius 3 is 2.22 bits per heavy atom. The van der Waals surface area contributed by atoms with Gasteiger partial charge in [0, 0.05) is 18.2 Å². The van der Waals surface area contributed by atoms with Gasteiger partial charge in [0.25, 0.3) is 5.91 Å². The number of aromatic nitrogens is 3. The van der Waals surface area contributed by atoms with E-state index in [4.69, 9.17) is 0 Å². The van der Waals surface area contributed by atoms with Crippen molar-refractivity contribution in [1.29, 1.82) is 0 Å². The van der Waals surface area contributed by atoms with Gasteiger partial charge in [0.15, 0.2) is 16.8 Å². The lowest BCUT2D eigenvalue weighted by Gasteiger charge is -2.13. The first kappa shape index (κ1) is 18.8. The molecule has 1 N–H and O–H groups in total. The zero-order valence-electron chi connectivity index (χ0n) is 15.1. The van der Waals surface area contributed by atoms with E-state index < -0.39 is 0 Å². The smallest absolute Gasteiger partial charge is 0.251 e. The molecule has 0 fully saturated rings. The molecule has 3 rings (SSSR count). The summed E-state index contributed by atoms with van der Waals surface area (Å²) < 4.78 is 1.80. The first-order valence-electron chi connectivity index (χ1n) is 8.52. The van der Waals surface area contributed by atoms with Crippen LogP contribution in [0, 0.1) is 0 Å². The highest BCUT2D eigenvalue weighted by Crippen LogP contribution is 2.20. The summed E-state index contributed by atoms with van der Waals surface area (Å²) in [5.74, 6) is 0.782. The van der Waals surface area contributed by atoms with Crippen LogP contribution in [0.2, 0.25) is 0 Å². The first-order chi connectivity index (χ1) is 13.1. The second kappa shape index (κ2) is 8.64. The van der Waals surface area contributed by atoms with Crippen LogP contribution in [0.5, 0.6) is 0 Å². The van der Waals surface area contributed by atoms with Gasteiger partial charge >= 0.3 is 0 Å². The van der Waals surface area contributed by atoms with Crippen LogP contribution in [0.15, 0.2) is 65.8 Å². The lowest BCUT2D eigenvalue weighted by molar-refractivity contribution is 0.0937. The third kappa shape index (κ3) is 4.62. The van der Waals surface area contributed by atoms with Crippen molar-refractivity contribution in [3.8, 4) is 0 Å². The van der Waals surface area contributed by atoms with Gasteiger partial charge in [0.05, 0.1) is 11.8 Å². The van der Waals surface area contributed by atoms with Crippen molar-refractivity contribution in [1.82, 2.24) is 20.1 Å². The summed E-state index contributed by atoms with van der Waals surface area (Å²) >= 11 is 1.33. The van der Waals surface area contributed by atoms with E-state index in [0.717, 1.165) is 0 Å². The summed E-state index contributed by atoms with van der Waals surface area (Å²) in [4.78, 5) is 24.5. The van der Waals surface area contributed by atoms with Crippen LogP contribution in [0.4, 0.5) is 0 Å². The number of carbonyl (C=O) groups excluding carboxylic acids is 2. The highest BCUT2D eigenvalue weighted by molar-refractivity contribution is 7.99. The molecular weight excluding hydrogens is 360 g/mol. The number of carbonyl (C=O) groups is 2. The number of nitrogens with one attached hydrogen (secondary N) is 1. The van der Waals surface area contributed by atoms with Crippen molar-refractivity contribution in [2.24, 2.45) is 7.05 Å². The molecule has 0 spiro atoms. The zero-order chi connectivity index (χ0) is 19.2. The number of ketones is 1. The van der Waals surface area contributed by atoms with Gasteiger partial charge in [-0.2, -0.15) is 0 Å². The minimum atomic E-state index is -0.311. The standard InChI is InChI=1S/C20H20N4O2S/c1-14(21-19(26)16-11-7-4-8-12-16)18-22-23-20(24(18)2)27-13-17(25)15-9-5-3-6-10-15/h3-12,14H,13H2,1-2H3,(H,21,26)/t14-/m1/s1. The zero-order valence-corrected chi connectivity index (χ0v) is 15.9. The molecule has 1 aromatic heterocycles. The molecule has 0 aliphatic rings. The molecular formula is C20H20N4O2S. The SMILES string of the molecule is C[C@@H](NC(=O)c1ccccc1)c1nnc(SCC(=O)c2ccccc2)n1C. The van der Waals surface area contributed by atoms with Crippen molar-refractivity contribution in [2.75, 3.05) is 5.75 Å². The van der Waals surface area contributed by atoms with E-state index >= 15 is 0 Å². The number of benzene rings is 2. The number of hydrogen-bond donors (Lipinski definition) is 1. The maximum Gasteiger partial charge on any atom is 0.251 e. The Balaban J connectivity index is 1.62. The topological polar surface area (TPSA) is 76.9 Å². The molecule has 3 aromatic rings. The second-order valence-corrected chi connectivity index (χ2v) is 6.98. The minimum Gasteiger partial charge on any atom is -0.342 e. The van der Waals surface area contributed by atoms with E-state index in [2.05, 4.69) is 15.5 Å². The summed E-state index contributed by atoms with van der Waals surface area (Å²) in [5, 5.41) is 11.9. The fraction of sp³-hybridized carbons (Fsp3) is 0.200. The average Bonchev–Trinajstić information content (AvgIpc) is 3.08. The van der Waals surface area contributed by atoms with Crippen molar-refractivity contribution < 1.29 is 9.59 Å². The van der Waals surface area contributed by atoms with E-state index in [9.17, 15) is 9.59 Å². The lowest BCUT2D eigenvalue weighted by Crippen LogP contribution is -2.28. The lowest BCUT2D eigenvalue weighted by atomic mass is 10.2. The van der Waals surface area contributed by atoms with Crippen LogP contribution >= 0.6 is 11.8 Å². The van der Waals surface area contributed by atoms with E-state index in [-0.39, 0.29) is 23.5 Å². The predicted octanol–water partition coefficient (Wildman–Crippen LogP) is 3.28. The monoisotopic (exact) mass is 380 g/mol. The molecule has 27 heavy (non-hydrogen) atoms. The number of Topliss-reactive ketones (excluding diaryl/α,β-unsaturated/α-hetero) is 1. The summed E-state index contributed by atoms with van der Waals surface area (Å²) in [6.07, 6.45) is 0. The molecule has 0 bridgehead atoms. The van der Waals surface area contributed by atoms with Crippen LogP contribution in [0.1, 0.15) is 39.5 Å². The maximum atomic E-state index is 12.3. The number of hydrogen-bond acceptors (Lipinski definition) is 5. The quantitative estimate of drug-likeness (QED) is 0.503. The van der Waals surface area contributed by atoms with Gasteiger partial charge in [-0.3, -0.25) is 9.59 Å². The van der Waals surface area contributed by atoms with Crippen LogP contribution in [0.25, 0.3) is 0 Å². The molecule has 7 heteroatoms. The number of amides is 1. The van der Waals surface area contributed by atoms with E-state index in [0.29, 0.717) is 22.1 Å². The molecule has 1 atom stereocenters. The van der Waals surface area contributed by atoms with Gasteiger partial charge in [0.2, 0.25) is 0 Å². The van der Waals surface area contributed by atoms with Crippen LogP contribution in [-0.2, 0) is 7.05 Å². The van der Waals surface area contributed by atoms with Crippen molar-refractivity contribution >= 4 is 23.5 Å². The van der Waals surface area contributed by atoms with Crippen molar-refractivity contribution in [3.63, 3.8) is 0 Å². The van der Waals surface area contributed by atoms with Gasteiger partial charge in [-0.15, -0.1) is 10.2 Å². The number of thioether (sulfide) groups is 1. The van der Waals surface area contributed by atoms with E-state index in [1.54, 1.807) is 28.8 Å². The fourth-order valence-electron chi connectivity index (χ4n) is 2.60. The highest BCUT2D eigenvalue weighted by Gasteiger charge is 2.19. The van der Waals surface area contributed by atoms with Crippen LogP contribution in [0.3, 0.4) is 0 Å². The molecule has 0 saturated heterocycles. The maximum absolute atomic E-state index is 12.3. The molecule has 1 heterocycles. The average molecular weight is 380 g/mol. The molecule has 138 valence electrons. The minimum absolute atomic E-state index is 0.0376. The molecule has 0 aliphatic carbocycles. The summed E-state index contributed by atoms with van der Waals surface area (Å²) in [6.45, 7) is 1.86. The largest absolute Gasteiger partial charge is 0.342 e. The summed E-state index contributed by atoms with van der Waals surface area (Å²) in [6, 6.07) is 17.9. The molecule has 0 saturated carbocycles. The van der Waals surface area contributed by atoms with Crippen molar-refractivity contribution in [2.45, 2.75) is 18.1 Å². The van der Waals surface area contributed by atoms with Gasteiger partial charge in [-0.05, 0) is 19.1 Å². The first-order valence-corrected chi connectivity index (χ1v) is 9.51. The molecule has 2 aromatic carbocycles. The van der Waals surface area contributed by atoms with Gasteiger partial charge in [-0.1, -0.05) is 60.3 Å². The van der Waals surface area contributed by atoms with E-state index in [1.807, 2.05) is 50.4 Å². The summed E-state index contributed by atoms with van der Waals surface area (Å²) in [5.41, 5.74) is 1.27. The third-order valence-electron chi connectivity index (χ3n) is 4.07. The Hall–Kier alpha value is -2.93. The van der Waals surface area contributed by atoms with Gasteiger partial charge in [-0.25, -0.2) is 0 Å². The molecule has 0 aliphatic heterocycles. The van der Waals surface area contributed by atoms with Gasteiger partial charge < -0.3 is 9.88 Å². The molecule has 0 unspecified atom stereocenters. The van der Waals surface area contributed by atoms with Crippen LogP contribution in [-0.4, -0.2) is 32.2 Å². The normalized spacial score (nSPS) is 11.8. The van der Waals surface area contributed by atoms with Crippen molar-refractivity contribution in [3.05, 3.63) is 77.6 Å². The Morgan fingerprint density at radius 1 is 1.00 bits per heavy atom. The highest BCUT2D eigenvalue weighted by atomic mass is 32.2. The Kier molecular flexibility index (Phi) is 6.03. The molecule has 0 radical (unpaired) electrons. The van der Waals surface area contributed by atoms with Crippen LogP contribution < -0.4 is 5.32 Å². The number of rotatable bonds is 7. The Morgan fingerprint density at radius 2 is 1.59 bits per heavy atom. The Bertz CT molecular complexity index is 926. The molecule has 6 nitrogen and oxygen atoms in total. The molecule has 1 amide bonds. The third-order valence-corrected chi connectivity index (χ3v) is 5.09. The summed E-state index contributed by atoms with van der Waals surface area (Å²) in [7, 11) is 1.83. The van der Waals surface area contributed by atoms with Gasteiger partial charge in [0.1, 0.15) is 0 Å². The number of nitrogens with zero attached hydrogens (tertiary/aromatic N) is 3. The predicted molar refractivity (Wildman–Crippen MR) is 105 cm³/mol. The fourth-order valence-corrected chi connectivity index (χ4v) is 3.41. The second-order valence-electron chi connectivity index (χ2n) is 6.04.